The molecule has 0 bridgehead atoms. The molecule has 1 fully saturated rings. The maximum atomic E-state index is 11.9. The lowest BCUT2D eigenvalue weighted by molar-refractivity contribution is -0.107. The van der Waals surface area contributed by atoms with Gasteiger partial charge in [0.1, 0.15) is 24.0 Å². The summed E-state index contributed by atoms with van der Waals surface area (Å²) in [6, 6.07) is -0.533. The summed E-state index contributed by atoms with van der Waals surface area (Å²) >= 11 is 0. The predicted molar refractivity (Wildman–Crippen MR) is 64.5 cm³/mol. The van der Waals surface area contributed by atoms with Gasteiger partial charge >= 0.3 is 6.03 Å². The Kier molecular flexibility index (Phi) is 3.54. The Morgan fingerprint density at radius 2 is 2.26 bits per heavy atom. The summed E-state index contributed by atoms with van der Waals surface area (Å²) < 4.78 is 5.36. The number of rotatable bonds is 2. The lowest BCUT2D eigenvalue weighted by Gasteiger charge is -2.37. The van der Waals surface area contributed by atoms with Gasteiger partial charge in [-0.3, -0.25) is 4.90 Å². The third-order valence-corrected chi connectivity index (χ3v) is 3.53. The van der Waals surface area contributed by atoms with Gasteiger partial charge < -0.3 is 31.1 Å². The molecule has 2 rings (SSSR count). The second kappa shape index (κ2) is 4.73. The zero-order valence-electron chi connectivity index (χ0n) is 10.8. The highest BCUT2D eigenvalue weighted by Gasteiger charge is 2.55. The van der Waals surface area contributed by atoms with Gasteiger partial charge in [-0.05, 0) is 19.4 Å². The van der Waals surface area contributed by atoms with Crippen LogP contribution in [0.4, 0.5) is 4.79 Å². The van der Waals surface area contributed by atoms with Crippen molar-refractivity contribution in [2.24, 2.45) is 5.73 Å². The summed E-state index contributed by atoms with van der Waals surface area (Å²) in [6.45, 7) is 2.62. The van der Waals surface area contributed by atoms with Crippen LogP contribution in [-0.2, 0) is 4.74 Å². The van der Waals surface area contributed by atoms with Crippen LogP contribution in [0.1, 0.15) is 13.8 Å². The van der Waals surface area contributed by atoms with Crippen LogP contribution in [-0.4, -0.2) is 63.1 Å². The van der Waals surface area contributed by atoms with Gasteiger partial charge in [0.15, 0.2) is 6.23 Å². The molecule has 0 radical (unpaired) electrons. The summed E-state index contributed by atoms with van der Waals surface area (Å²) in [5, 5.41) is 31.8. The average molecular weight is 273 g/mol. The van der Waals surface area contributed by atoms with Crippen molar-refractivity contribution in [2.45, 2.75) is 44.1 Å². The largest absolute Gasteiger partial charge is 0.394 e. The van der Waals surface area contributed by atoms with Crippen LogP contribution in [0, 0.1) is 0 Å². The number of amides is 2. The molecule has 0 spiro atoms. The highest BCUT2D eigenvalue weighted by Crippen LogP contribution is 2.34. The molecule has 5 atom stereocenters. The number of hydrogen-bond donors (Lipinski definition) is 5. The van der Waals surface area contributed by atoms with Crippen LogP contribution < -0.4 is 11.1 Å². The smallest absolute Gasteiger partial charge is 0.325 e. The van der Waals surface area contributed by atoms with Gasteiger partial charge in [-0.1, -0.05) is 0 Å². The van der Waals surface area contributed by atoms with Crippen molar-refractivity contribution in [1.29, 1.82) is 0 Å². The molecule has 8 heteroatoms. The Hall–Kier alpha value is -1.19. The zero-order valence-corrected chi connectivity index (χ0v) is 10.8. The first-order valence-electron chi connectivity index (χ1n) is 5.98. The number of ether oxygens (including phenoxy) is 1. The minimum atomic E-state index is -1.69. The first kappa shape index (κ1) is 14.2. The highest BCUT2D eigenvalue weighted by molar-refractivity contribution is 5.78. The standard InChI is InChI=1S/C11H19N3O5/c1-5-3-14(10(17)13-8(5)12)9-11(2,18)7(16)6(4-15)19-9/h3,6-9,15-16,18H,4,12H2,1-2H3,(H,13,17)/t6-,7+,8?,9-,11-/m1/s1. The maximum Gasteiger partial charge on any atom is 0.325 e. The van der Waals surface area contributed by atoms with Crippen molar-refractivity contribution in [1.82, 2.24) is 10.2 Å². The number of hydrogen-bond acceptors (Lipinski definition) is 6. The molecule has 2 amide bonds. The molecule has 108 valence electrons. The van der Waals surface area contributed by atoms with Crippen LogP contribution in [0.5, 0.6) is 0 Å². The van der Waals surface area contributed by atoms with Crippen molar-refractivity contribution in [3.63, 3.8) is 0 Å². The molecule has 0 aromatic carbocycles. The second-order valence-electron chi connectivity index (χ2n) is 5.09. The minimum absolute atomic E-state index is 0.453. The molecule has 0 aliphatic carbocycles. The van der Waals surface area contributed by atoms with Crippen molar-refractivity contribution >= 4 is 6.03 Å². The monoisotopic (exact) mass is 273 g/mol. The molecular formula is C11H19N3O5. The zero-order chi connectivity index (χ0) is 14.4. The molecule has 1 unspecified atom stereocenters. The average Bonchev–Trinajstić information content (AvgIpc) is 2.56. The van der Waals surface area contributed by atoms with Gasteiger partial charge in [-0.15, -0.1) is 0 Å². The highest BCUT2D eigenvalue weighted by atomic mass is 16.6. The van der Waals surface area contributed by atoms with E-state index in [1.807, 2.05) is 0 Å². The third kappa shape index (κ3) is 2.21. The number of nitrogens with one attached hydrogen (secondary N) is 1. The van der Waals surface area contributed by atoms with Crippen molar-refractivity contribution in [3.8, 4) is 0 Å². The summed E-state index contributed by atoms with van der Waals surface area (Å²) in [7, 11) is 0. The molecule has 0 aromatic heterocycles. The normalized spacial score (nSPS) is 43.2. The van der Waals surface area contributed by atoms with Gasteiger partial charge in [0.25, 0.3) is 0 Å². The van der Waals surface area contributed by atoms with E-state index in [1.54, 1.807) is 6.92 Å². The van der Waals surface area contributed by atoms with E-state index < -0.39 is 42.8 Å². The molecule has 19 heavy (non-hydrogen) atoms. The number of carbonyl (C=O) groups excluding carboxylic acids is 1. The Labute approximate surface area is 110 Å². The van der Waals surface area contributed by atoms with Gasteiger partial charge in [0.05, 0.1) is 6.61 Å². The Bertz CT molecular complexity index is 411. The van der Waals surface area contributed by atoms with Crippen LogP contribution in [0.15, 0.2) is 11.8 Å². The van der Waals surface area contributed by atoms with Gasteiger partial charge in [0, 0.05) is 6.20 Å². The second-order valence-corrected chi connectivity index (χ2v) is 5.09. The van der Waals surface area contributed by atoms with Crippen LogP contribution >= 0.6 is 0 Å². The topological polar surface area (TPSA) is 128 Å². The molecule has 2 heterocycles. The molecule has 1 saturated heterocycles. The van der Waals surface area contributed by atoms with E-state index in [9.17, 15) is 15.0 Å². The lowest BCUT2D eigenvalue weighted by atomic mass is 9.96. The van der Waals surface area contributed by atoms with Crippen LogP contribution in [0.3, 0.4) is 0 Å². The van der Waals surface area contributed by atoms with E-state index >= 15 is 0 Å². The number of urea groups is 1. The van der Waals surface area contributed by atoms with E-state index in [4.69, 9.17) is 15.6 Å². The molecule has 0 saturated carbocycles. The first-order valence-corrected chi connectivity index (χ1v) is 5.98. The van der Waals surface area contributed by atoms with E-state index in [-0.39, 0.29) is 0 Å². The SMILES string of the molecule is CC1=CN([C@@H]2O[C@H](CO)[C@H](O)[C@@]2(C)O)C(=O)NC1N. The summed E-state index contributed by atoms with van der Waals surface area (Å²) in [5.41, 5.74) is 4.65. The lowest BCUT2D eigenvalue weighted by Crippen LogP contribution is -2.59. The van der Waals surface area contributed by atoms with Crippen molar-refractivity contribution < 1.29 is 24.9 Å². The van der Waals surface area contributed by atoms with Gasteiger partial charge in [0.2, 0.25) is 0 Å². The molecular weight excluding hydrogens is 254 g/mol. The van der Waals surface area contributed by atoms with Gasteiger partial charge in [-0.2, -0.15) is 0 Å². The fraction of sp³-hybridized carbons (Fsp3) is 0.727. The minimum Gasteiger partial charge on any atom is -0.394 e. The first-order chi connectivity index (χ1) is 8.78. The van der Waals surface area contributed by atoms with E-state index in [0.29, 0.717) is 5.57 Å². The molecule has 6 N–H and O–H groups in total. The fourth-order valence-corrected chi connectivity index (χ4v) is 2.24. The maximum absolute atomic E-state index is 11.9. The van der Waals surface area contributed by atoms with Gasteiger partial charge in [-0.25, -0.2) is 4.79 Å². The number of nitrogens with two attached hydrogens (primary N) is 1. The third-order valence-electron chi connectivity index (χ3n) is 3.53. The molecule has 2 aliphatic heterocycles. The summed E-state index contributed by atoms with van der Waals surface area (Å²) in [6.07, 6.45) is -2.46. The summed E-state index contributed by atoms with van der Waals surface area (Å²) in [5.74, 6) is 0. The van der Waals surface area contributed by atoms with E-state index in [1.165, 1.54) is 13.1 Å². The number of carbonyl (C=O) groups is 1. The number of aliphatic hydroxyl groups excluding tert-OH is 2. The van der Waals surface area contributed by atoms with E-state index in [0.717, 1.165) is 4.90 Å². The predicted octanol–water partition coefficient (Wildman–Crippen LogP) is -1.97. The number of aliphatic hydroxyl groups is 3. The quantitative estimate of drug-likeness (QED) is 0.397. The van der Waals surface area contributed by atoms with Crippen LogP contribution in [0.25, 0.3) is 0 Å². The van der Waals surface area contributed by atoms with Crippen molar-refractivity contribution in [2.75, 3.05) is 6.61 Å². The molecule has 2 aliphatic rings. The van der Waals surface area contributed by atoms with Crippen molar-refractivity contribution in [3.05, 3.63) is 11.8 Å². The Balaban J connectivity index is 2.29. The van der Waals surface area contributed by atoms with Crippen LogP contribution in [0.2, 0.25) is 0 Å². The Morgan fingerprint density at radius 3 is 2.79 bits per heavy atom. The molecule has 8 nitrogen and oxygen atoms in total. The summed E-state index contributed by atoms with van der Waals surface area (Å²) in [4.78, 5) is 13.0. The molecule has 0 aromatic rings. The Morgan fingerprint density at radius 1 is 1.63 bits per heavy atom. The fourth-order valence-electron chi connectivity index (χ4n) is 2.24. The van der Waals surface area contributed by atoms with E-state index in [2.05, 4.69) is 5.32 Å². The number of nitrogens with zero attached hydrogens (tertiary/aromatic N) is 1.